The van der Waals surface area contributed by atoms with Crippen LogP contribution in [0.1, 0.15) is 34.8 Å². The third-order valence-corrected chi connectivity index (χ3v) is 4.45. The lowest BCUT2D eigenvalue weighted by atomic mass is 10.1. The van der Waals surface area contributed by atoms with Crippen molar-refractivity contribution in [2.45, 2.75) is 26.9 Å². The minimum atomic E-state index is -4.64. The SMILES string of the molecule is CCN(CC)c1ccc(NC(=O)c2scnc2C(F)(F)F)c(C)c1. The van der Waals surface area contributed by atoms with E-state index < -0.39 is 22.7 Å². The Labute approximate surface area is 142 Å². The van der Waals surface area contributed by atoms with Crippen LogP contribution in [0, 0.1) is 6.92 Å². The number of aryl methyl sites for hydroxylation is 1. The second kappa shape index (κ2) is 7.21. The predicted molar refractivity (Wildman–Crippen MR) is 89.8 cm³/mol. The molecular weight excluding hydrogens is 339 g/mol. The summed E-state index contributed by atoms with van der Waals surface area (Å²) in [5, 5.41) is 2.54. The van der Waals surface area contributed by atoms with Gasteiger partial charge in [-0.3, -0.25) is 4.79 Å². The highest BCUT2D eigenvalue weighted by atomic mass is 32.1. The molecule has 8 heteroatoms. The summed E-state index contributed by atoms with van der Waals surface area (Å²) in [5.74, 6) is -0.802. The molecule has 0 aliphatic heterocycles. The van der Waals surface area contributed by atoms with E-state index in [-0.39, 0.29) is 0 Å². The molecular formula is C16H18F3N3OS. The number of alkyl halides is 3. The first-order valence-corrected chi connectivity index (χ1v) is 8.33. The molecule has 4 nitrogen and oxygen atoms in total. The Balaban J connectivity index is 2.23. The van der Waals surface area contributed by atoms with Gasteiger partial charge in [0.15, 0.2) is 5.69 Å². The van der Waals surface area contributed by atoms with Gasteiger partial charge in [0, 0.05) is 24.5 Å². The first-order chi connectivity index (χ1) is 11.3. The van der Waals surface area contributed by atoms with Gasteiger partial charge in [-0.05, 0) is 44.5 Å². The molecule has 0 unspecified atom stereocenters. The molecule has 0 aliphatic rings. The van der Waals surface area contributed by atoms with Gasteiger partial charge in [0.05, 0.1) is 5.51 Å². The van der Waals surface area contributed by atoms with Crippen molar-refractivity contribution in [1.29, 1.82) is 0 Å². The number of halogens is 3. The molecule has 1 aromatic heterocycles. The Morgan fingerprint density at radius 3 is 2.50 bits per heavy atom. The fraction of sp³-hybridized carbons (Fsp3) is 0.375. The van der Waals surface area contributed by atoms with Crippen molar-refractivity contribution in [2.75, 3.05) is 23.3 Å². The summed E-state index contributed by atoms with van der Waals surface area (Å²) < 4.78 is 38.5. The molecule has 2 rings (SSSR count). The number of thiazole rings is 1. The number of aromatic nitrogens is 1. The summed E-state index contributed by atoms with van der Waals surface area (Å²) in [7, 11) is 0. The number of nitrogens with one attached hydrogen (secondary N) is 1. The maximum atomic E-state index is 12.8. The zero-order valence-corrected chi connectivity index (χ0v) is 14.4. The number of nitrogens with zero attached hydrogens (tertiary/aromatic N) is 2. The zero-order chi connectivity index (χ0) is 17.9. The number of rotatable bonds is 5. The number of amides is 1. The first-order valence-electron chi connectivity index (χ1n) is 7.45. The Morgan fingerprint density at radius 1 is 1.29 bits per heavy atom. The van der Waals surface area contributed by atoms with Gasteiger partial charge in [0.2, 0.25) is 0 Å². The van der Waals surface area contributed by atoms with Gasteiger partial charge in [-0.25, -0.2) is 4.98 Å². The Bertz CT molecular complexity index is 724. The fourth-order valence-electron chi connectivity index (χ4n) is 2.36. The average Bonchev–Trinajstić information content (AvgIpc) is 3.01. The van der Waals surface area contributed by atoms with E-state index in [0.717, 1.165) is 29.9 Å². The molecule has 130 valence electrons. The van der Waals surface area contributed by atoms with Crippen LogP contribution in [0.5, 0.6) is 0 Å². The number of carbonyl (C=O) groups excluding carboxylic acids is 1. The van der Waals surface area contributed by atoms with Crippen LogP contribution in [0.4, 0.5) is 24.5 Å². The zero-order valence-electron chi connectivity index (χ0n) is 13.6. The minimum absolute atomic E-state index is 0.435. The molecule has 0 radical (unpaired) electrons. The molecule has 0 atom stereocenters. The highest BCUT2D eigenvalue weighted by Gasteiger charge is 2.38. The van der Waals surface area contributed by atoms with Crippen LogP contribution in [-0.2, 0) is 6.18 Å². The van der Waals surface area contributed by atoms with Crippen molar-refractivity contribution in [3.05, 3.63) is 39.8 Å². The van der Waals surface area contributed by atoms with Gasteiger partial charge in [-0.2, -0.15) is 13.2 Å². The van der Waals surface area contributed by atoms with E-state index in [1.165, 1.54) is 0 Å². The second-order valence-corrected chi connectivity index (χ2v) is 6.01. The topological polar surface area (TPSA) is 45.2 Å². The van der Waals surface area contributed by atoms with Crippen molar-refractivity contribution in [3.8, 4) is 0 Å². The van der Waals surface area contributed by atoms with Gasteiger partial charge in [-0.1, -0.05) is 0 Å². The van der Waals surface area contributed by atoms with Gasteiger partial charge in [0.1, 0.15) is 4.88 Å². The van der Waals surface area contributed by atoms with E-state index in [9.17, 15) is 18.0 Å². The van der Waals surface area contributed by atoms with Crippen LogP contribution in [-0.4, -0.2) is 24.0 Å². The van der Waals surface area contributed by atoms with Gasteiger partial charge in [0.25, 0.3) is 5.91 Å². The molecule has 2 aromatic rings. The van der Waals surface area contributed by atoms with Crippen LogP contribution in [0.2, 0.25) is 0 Å². The summed E-state index contributed by atoms with van der Waals surface area (Å²) in [4.78, 5) is 17.1. The van der Waals surface area contributed by atoms with Crippen molar-refractivity contribution >= 4 is 28.6 Å². The van der Waals surface area contributed by atoms with Crippen molar-refractivity contribution in [3.63, 3.8) is 0 Å². The summed E-state index contributed by atoms with van der Waals surface area (Å²) in [6.07, 6.45) is -4.64. The van der Waals surface area contributed by atoms with Crippen LogP contribution < -0.4 is 10.2 Å². The van der Waals surface area contributed by atoms with Gasteiger partial charge < -0.3 is 10.2 Å². The van der Waals surface area contributed by atoms with Gasteiger partial charge >= 0.3 is 6.18 Å². The summed E-state index contributed by atoms with van der Waals surface area (Å²) >= 11 is 0.674. The third-order valence-electron chi connectivity index (χ3n) is 3.63. The number of hydrogen-bond donors (Lipinski definition) is 1. The van der Waals surface area contributed by atoms with Crippen molar-refractivity contribution in [2.24, 2.45) is 0 Å². The number of anilines is 2. The molecule has 1 heterocycles. The molecule has 0 spiro atoms. The van der Waals surface area contributed by atoms with E-state index in [1.54, 1.807) is 13.0 Å². The van der Waals surface area contributed by atoms with Crippen molar-refractivity contribution in [1.82, 2.24) is 4.98 Å². The number of carbonyl (C=O) groups is 1. The summed E-state index contributed by atoms with van der Waals surface area (Å²) in [6.45, 7) is 7.57. The molecule has 0 saturated carbocycles. The molecule has 0 aliphatic carbocycles. The summed E-state index contributed by atoms with van der Waals surface area (Å²) in [5.41, 5.74) is 2.14. The normalized spacial score (nSPS) is 11.4. The monoisotopic (exact) mass is 357 g/mol. The quantitative estimate of drug-likeness (QED) is 0.853. The minimum Gasteiger partial charge on any atom is -0.372 e. The fourth-order valence-corrected chi connectivity index (χ4v) is 3.06. The number of benzene rings is 1. The lowest BCUT2D eigenvalue weighted by Crippen LogP contribution is -2.22. The van der Waals surface area contributed by atoms with E-state index in [4.69, 9.17) is 0 Å². The third kappa shape index (κ3) is 3.87. The largest absolute Gasteiger partial charge is 0.434 e. The molecule has 0 fully saturated rings. The highest BCUT2D eigenvalue weighted by molar-refractivity contribution is 7.12. The Morgan fingerprint density at radius 2 is 1.96 bits per heavy atom. The highest BCUT2D eigenvalue weighted by Crippen LogP contribution is 2.33. The van der Waals surface area contributed by atoms with Crippen molar-refractivity contribution < 1.29 is 18.0 Å². The average molecular weight is 357 g/mol. The van der Waals surface area contributed by atoms with E-state index in [0.29, 0.717) is 17.0 Å². The molecule has 1 N–H and O–H groups in total. The van der Waals surface area contributed by atoms with E-state index in [2.05, 4.69) is 15.2 Å². The second-order valence-electron chi connectivity index (χ2n) is 5.15. The molecule has 1 amide bonds. The van der Waals surface area contributed by atoms with Crippen LogP contribution >= 0.6 is 11.3 Å². The lowest BCUT2D eigenvalue weighted by Gasteiger charge is -2.22. The van der Waals surface area contributed by atoms with E-state index in [1.807, 2.05) is 26.0 Å². The van der Waals surface area contributed by atoms with E-state index >= 15 is 0 Å². The molecule has 0 saturated heterocycles. The first kappa shape index (κ1) is 18.3. The Hall–Kier alpha value is -2.09. The maximum Gasteiger partial charge on any atom is 0.434 e. The van der Waals surface area contributed by atoms with Crippen LogP contribution in [0.3, 0.4) is 0 Å². The lowest BCUT2D eigenvalue weighted by molar-refractivity contribution is -0.141. The maximum absolute atomic E-state index is 12.8. The predicted octanol–water partition coefficient (Wildman–Crippen LogP) is 4.57. The number of hydrogen-bond acceptors (Lipinski definition) is 4. The smallest absolute Gasteiger partial charge is 0.372 e. The molecule has 0 bridgehead atoms. The summed E-state index contributed by atoms with van der Waals surface area (Å²) in [6, 6.07) is 5.45. The standard InChI is InChI=1S/C16H18F3N3OS/c1-4-22(5-2)11-6-7-12(10(3)8-11)21-15(23)13-14(16(17,18)19)20-9-24-13/h6-9H,4-5H2,1-3H3,(H,21,23). The van der Waals surface area contributed by atoms with Crippen LogP contribution in [0.15, 0.2) is 23.7 Å². The molecule has 24 heavy (non-hydrogen) atoms. The molecule has 1 aromatic carbocycles. The van der Waals surface area contributed by atoms with Crippen LogP contribution in [0.25, 0.3) is 0 Å². The Kier molecular flexibility index (Phi) is 5.48. The van der Waals surface area contributed by atoms with Gasteiger partial charge in [-0.15, -0.1) is 11.3 Å².